The van der Waals surface area contributed by atoms with E-state index in [1.54, 1.807) is 17.4 Å². The van der Waals surface area contributed by atoms with E-state index in [0.717, 1.165) is 14.9 Å². The molecule has 0 radical (unpaired) electrons. The van der Waals surface area contributed by atoms with Crippen LogP contribution >= 0.6 is 62.1 Å². The monoisotopic (exact) mass is 368 g/mol. The van der Waals surface area contributed by atoms with Gasteiger partial charge in [-0.3, -0.25) is 0 Å². The third-order valence-electron chi connectivity index (χ3n) is 2.45. The number of halogens is 4. The van der Waals surface area contributed by atoms with Crippen molar-refractivity contribution in [2.45, 2.75) is 12.3 Å². The Kier molecular flexibility index (Phi) is 4.43. The summed E-state index contributed by atoms with van der Waals surface area (Å²) in [6.07, 6.45) is 0. The second-order valence-corrected chi connectivity index (χ2v) is 7.42. The van der Waals surface area contributed by atoms with Crippen LogP contribution in [0.15, 0.2) is 28.1 Å². The Hall–Kier alpha value is 0.270. The van der Waals surface area contributed by atoms with Gasteiger partial charge in [-0.25, -0.2) is 0 Å². The number of hydrogen-bond acceptors (Lipinski definition) is 1. The summed E-state index contributed by atoms with van der Waals surface area (Å²) in [5, 5.41) is 0.779. The normalized spacial score (nSPS) is 12.8. The van der Waals surface area contributed by atoms with Crippen LogP contribution in [0, 0.1) is 6.92 Å². The zero-order valence-electron chi connectivity index (χ0n) is 8.81. The summed E-state index contributed by atoms with van der Waals surface area (Å²) in [6.45, 7) is 2.04. The largest absolute Gasteiger partial charge is 0.133 e. The van der Waals surface area contributed by atoms with Crippen molar-refractivity contribution in [1.82, 2.24) is 0 Å². The van der Waals surface area contributed by atoms with Gasteiger partial charge < -0.3 is 0 Å². The van der Waals surface area contributed by atoms with Crippen LogP contribution in [-0.2, 0) is 0 Å². The van der Waals surface area contributed by atoms with Crippen LogP contribution in [0.25, 0.3) is 0 Å². The summed E-state index contributed by atoms with van der Waals surface area (Å²) in [5.41, 5.74) is 1.90. The number of benzene rings is 1. The summed E-state index contributed by atoms with van der Waals surface area (Å²) in [5.74, 6) is 0. The molecule has 0 aliphatic heterocycles. The molecule has 1 unspecified atom stereocenters. The van der Waals surface area contributed by atoms with Gasteiger partial charge in [0.15, 0.2) is 0 Å². The molecule has 0 aliphatic carbocycles. The van der Waals surface area contributed by atoms with Crippen LogP contribution in [-0.4, -0.2) is 0 Å². The first-order valence-corrected chi connectivity index (χ1v) is 7.64. The summed E-state index contributed by atoms with van der Waals surface area (Å²) < 4.78 is 1.06. The topological polar surface area (TPSA) is 0 Å². The Balaban J connectivity index is 2.47. The van der Waals surface area contributed by atoms with Gasteiger partial charge in [-0.05, 0) is 46.1 Å². The molecular formula is C12H8BrCl3S. The summed E-state index contributed by atoms with van der Waals surface area (Å²) in [7, 11) is 0. The van der Waals surface area contributed by atoms with Gasteiger partial charge in [0, 0.05) is 4.88 Å². The molecule has 0 fully saturated rings. The average molecular weight is 371 g/mol. The third kappa shape index (κ3) is 2.82. The Bertz CT molecular complexity index is 551. The Morgan fingerprint density at radius 3 is 2.53 bits per heavy atom. The number of hydrogen-bond donors (Lipinski definition) is 0. The molecule has 2 rings (SSSR count). The van der Waals surface area contributed by atoms with E-state index in [0.29, 0.717) is 10.0 Å². The Morgan fingerprint density at radius 1 is 1.24 bits per heavy atom. The lowest BCUT2D eigenvalue weighted by Crippen LogP contribution is -1.94. The second kappa shape index (κ2) is 5.50. The van der Waals surface area contributed by atoms with Crippen molar-refractivity contribution in [3.05, 3.63) is 54.1 Å². The maximum Gasteiger partial charge on any atom is 0.0861 e. The van der Waals surface area contributed by atoms with Gasteiger partial charge in [0.25, 0.3) is 0 Å². The molecule has 17 heavy (non-hydrogen) atoms. The van der Waals surface area contributed by atoms with Gasteiger partial charge in [-0.2, -0.15) is 0 Å². The quantitative estimate of drug-likeness (QED) is 0.533. The maximum absolute atomic E-state index is 6.47. The van der Waals surface area contributed by atoms with Crippen LogP contribution in [0.2, 0.25) is 10.0 Å². The molecule has 90 valence electrons. The smallest absolute Gasteiger partial charge is 0.0861 e. The highest BCUT2D eigenvalue weighted by atomic mass is 79.9. The van der Waals surface area contributed by atoms with Gasteiger partial charge in [-0.15, -0.1) is 22.9 Å². The summed E-state index contributed by atoms with van der Waals surface area (Å²) >= 11 is 23.8. The number of thiophene rings is 1. The third-order valence-corrected chi connectivity index (χ3v) is 5.33. The molecule has 0 saturated heterocycles. The Labute approximate surface area is 128 Å². The maximum atomic E-state index is 6.47. The molecule has 0 amide bonds. The number of aryl methyl sites for hydroxylation is 1. The minimum Gasteiger partial charge on any atom is -0.133 e. The van der Waals surface area contributed by atoms with Crippen LogP contribution in [0.1, 0.15) is 21.4 Å². The van der Waals surface area contributed by atoms with Gasteiger partial charge in [0.05, 0.1) is 19.2 Å². The lowest BCUT2D eigenvalue weighted by molar-refractivity contribution is 1.13. The number of rotatable bonds is 2. The van der Waals surface area contributed by atoms with Gasteiger partial charge in [-0.1, -0.05) is 35.3 Å². The molecule has 0 spiro atoms. The summed E-state index contributed by atoms with van der Waals surface area (Å²) in [6, 6.07) is 7.54. The zero-order chi connectivity index (χ0) is 12.6. The molecule has 1 atom stereocenters. The average Bonchev–Trinajstić information content (AvgIpc) is 2.61. The fourth-order valence-corrected chi connectivity index (χ4v) is 4.29. The fraction of sp³-hybridized carbons (Fsp3) is 0.167. The predicted molar refractivity (Wildman–Crippen MR) is 80.9 cm³/mol. The Morgan fingerprint density at radius 2 is 1.94 bits per heavy atom. The standard InChI is InChI=1S/C12H8BrCl3S/c1-6-8(5-10(13)17-6)11(15)7-3-2-4-9(14)12(7)16/h2-5,11H,1H3. The second-order valence-electron chi connectivity index (χ2n) is 3.57. The van der Waals surface area contributed by atoms with E-state index in [1.807, 2.05) is 25.1 Å². The fourth-order valence-electron chi connectivity index (χ4n) is 1.59. The molecular weight excluding hydrogens is 362 g/mol. The lowest BCUT2D eigenvalue weighted by atomic mass is 10.1. The molecule has 0 nitrogen and oxygen atoms in total. The summed E-state index contributed by atoms with van der Waals surface area (Å²) in [4.78, 5) is 1.17. The molecule has 1 aromatic carbocycles. The predicted octanol–water partition coefficient (Wildman–Crippen LogP) is 6.45. The van der Waals surface area contributed by atoms with Crippen molar-refractivity contribution in [1.29, 1.82) is 0 Å². The van der Waals surface area contributed by atoms with E-state index in [4.69, 9.17) is 34.8 Å². The highest BCUT2D eigenvalue weighted by molar-refractivity contribution is 9.11. The van der Waals surface area contributed by atoms with Crippen LogP contribution in [0.4, 0.5) is 0 Å². The first kappa shape index (κ1) is 13.7. The zero-order valence-corrected chi connectivity index (χ0v) is 13.5. The van der Waals surface area contributed by atoms with Crippen LogP contribution in [0.3, 0.4) is 0 Å². The molecule has 1 heterocycles. The minimum absolute atomic E-state index is 0.274. The van der Waals surface area contributed by atoms with E-state index < -0.39 is 0 Å². The first-order chi connectivity index (χ1) is 8.00. The lowest BCUT2D eigenvalue weighted by Gasteiger charge is -2.12. The highest BCUT2D eigenvalue weighted by Crippen LogP contribution is 2.41. The van der Waals surface area contributed by atoms with Crippen molar-refractivity contribution in [2.24, 2.45) is 0 Å². The van der Waals surface area contributed by atoms with Crippen LogP contribution < -0.4 is 0 Å². The molecule has 1 aromatic heterocycles. The van der Waals surface area contributed by atoms with Crippen LogP contribution in [0.5, 0.6) is 0 Å². The molecule has 2 aromatic rings. The van der Waals surface area contributed by atoms with Crippen molar-refractivity contribution in [2.75, 3.05) is 0 Å². The van der Waals surface area contributed by atoms with E-state index in [2.05, 4.69) is 15.9 Å². The molecule has 0 bridgehead atoms. The molecule has 0 aliphatic rings. The molecule has 0 saturated carbocycles. The van der Waals surface area contributed by atoms with Gasteiger partial charge >= 0.3 is 0 Å². The highest BCUT2D eigenvalue weighted by Gasteiger charge is 2.19. The first-order valence-electron chi connectivity index (χ1n) is 4.84. The van der Waals surface area contributed by atoms with Crippen molar-refractivity contribution < 1.29 is 0 Å². The molecule has 0 N–H and O–H groups in total. The van der Waals surface area contributed by atoms with E-state index in [9.17, 15) is 0 Å². The minimum atomic E-state index is -0.274. The SMILES string of the molecule is Cc1sc(Br)cc1C(Cl)c1cccc(Cl)c1Cl. The van der Waals surface area contributed by atoms with Gasteiger partial charge in [0.2, 0.25) is 0 Å². The van der Waals surface area contributed by atoms with E-state index in [1.165, 1.54) is 4.88 Å². The van der Waals surface area contributed by atoms with E-state index in [-0.39, 0.29) is 5.38 Å². The van der Waals surface area contributed by atoms with E-state index >= 15 is 0 Å². The van der Waals surface area contributed by atoms with Gasteiger partial charge in [0.1, 0.15) is 0 Å². The van der Waals surface area contributed by atoms with Crippen molar-refractivity contribution in [3.8, 4) is 0 Å². The van der Waals surface area contributed by atoms with Crippen molar-refractivity contribution in [3.63, 3.8) is 0 Å². The van der Waals surface area contributed by atoms with Crippen molar-refractivity contribution >= 4 is 62.1 Å². The molecule has 5 heteroatoms. The number of alkyl halides is 1.